The van der Waals surface area contributed by atoms with Crippen LogP contribution in [0.15, 0.2) is 12.4 Å². The highest BCUT2D eigenvalue weighted by molar-refractivity contribution is 5.93. The second-order valence-corrected chi connectivity index (χ2v) is 8.73. The lowest BCUT2D eigenvalue weighted by atomic mass is 9.95. The van der Waals surface area contributed by atoms with E-state index in [-0.39, 0.29) is 5.91 Å². The molecule has 3 aliphatic rings. The minimum atomic E-state index is -0.850. The van der Waals surface area contributed by atoms with Gasteiger partial charge in [0.25, 0.3) is 5.91 Å². The van der Waals surface area contributed by atoms with Crippen molar-refractivity contribution in [3.8, 4) is 0 Å². The van der Waals surface area contributed by atoms with E-state index in [1.165, 1.54) is 25.9 Å². The van der Waals surface area contributed by atoms with Gasteiger partial charge < -0.3 is 14.9 Å². The number of rotatable bonds is 4. The van der Waals surface area contributed by atoms with E-state index < -0.39 is 12.0 Å². The number of anilines is 1. The van der Waals surface area contributed by atoms with Crippen LogP contribution < -0.4 is 4.90 Å². The van der Waals surface area contributed by atoms with Crippen LogP contribution in [0.4, 0.5) is 5.95 Å². The zero-order valence-corrected chi connectivity index (χ0v) is 17.2. The van der Waals surface area contributed by atoms with E-state index in [1.807, 2.05) is 4.90 Å². The lowest BCUT2D eigenvalue weighted by molar-refractivity contribution is -0.138. The second-order valence-electron chi connectivity index (χ2n) is 8.73. The van der Waals surface area contributed by atoms with Gasteiger partial charge in [-0.05, 0) is 51.0 Å². The predicted octanol–water partition coefficient (Wildman–Crippen LogP) is 1.87. The van der Waals surface area contributed by atoms with Gasteiger partial charge in [0.1, 0.15) is 6.04 Å². The van der Waals surface area contributed by atoms with E-state index in [2.05, 4.69) is 21.8 Å². The molecule has 2 atom stereocenters. The van der Waals surface area contributed by atoms with Gasteiger partial charge in [0, 0.05) is 44.6 Å². The summed E-state index contributed by atoms with van der Waals surface area (Å²) in [6.45, 7) is 6.86. The lowest BCUT2D eigenvalue weighted by Crippen LogP contribution is -2.49. The van der Waals surface area contributed by atoms with Crippen molar-refractivity contribution in [2.24, 2.45) is 5.92 Å². The van der Waals surface area contributed by atoms with Crippen LogP contribution >= 0.6 is 0 Å². The molecule has 1 amide bonds. The van der Waals surface area contributed by atoms with Crippen molar-refractivity contribution in [1.29, 1.82) is 0 Å². The molecule has 0 bridgehead atoms. The van der Waals surface area contributed by atoms with Crippen LogP contribution in [-0.2, 0) is 4.79 Å². The third-order valence-corrected chi connectivity index (χ3v) is 6.64. The van der Waals surface area contributed by atoms with E-state index >= 15 is 0 Å². The predicted molar refractivity (Wildman–Crippen MR) is 109 cm³/mol. The number of piperidine rings is 2. The molecular formula is C21H31N5O3. The fraction of sp³-hybridized carbons (Fsp3) is 0.714. The molecule has 1 aromatic heterocycles. The molecule has 0 saturated carbocycles. The van der Waals surface area contributed by atoms with Crippen LogP contribution in [0.5, 0.6) is 0 Å². The van der Waals surface area contributed by atoms with Crippen molar-refractivity contribution in [1.82, 2.24) is 19.8 Å². The van der Waals surface area contributed by atoms with E-state index in [1.54, 1.807) is 17.3 Å². The molecule has 3 fully saturated rings. The number of aliphatic carboxylic acids is 1. The Bertz CT molecular complexity index is 732. The van der Waals surface area contributed by atoms with E-state index in [0.29, 0.717) is 30.5 Å². The number of carboxylic acid groups (broad SMARTS) is 1. The first-order chi connectivity index (χ1) is 14.0. The highest BCUT2D eigenvalue weighted by Crippen LogP contribution is 2.25. The summed E-state index contributed by atoms with van der Waals surface area (Å²) in [6, 6.07) is 0.0108. The maximum atomic E-state index is 12.9. The molecule has 3 saturated heterocycles. The molecule has 0 unspecified atom stereocenters. The maximum absolute atomic E-state index is 12.9. The summed E-state index contributed by atoms with van der Waals surface area (Å²) in [5, 5.41) is 9.33. The minimum absolute atomic E-state index is 0.0294. The second kappa shape index (κ2) is 8.65. The van der Waals surface area contributed by atoms with E-state index in [9.17, 15) is 14.7 Å². The Morgan fingerprint density at radius 3 is 2.34 bits per heavy atom. The number of likely N-dealkylation sites (tertiary alicyclic amines) is 2. The van der Waals surface area contributed by atoms with Crippen molar-refractivity contribution in [2.75, 3.05) is 37.6 Å². The molecule has 3 aliphatic heterocycles. The van der Waals surface area contributed by atoms with E-state index in [0.717, 1.165) is 38.3 Å². The number of hydrogen-bond acceptors (Lipinski definition) is 6. The van der Waals surface area contributed by atoms with Crippen LogP contribution in [0, 0.1) is 5.92 Å². The minimum Gasteiger partial charge on any atom is -0.480 e. The fourth-order valence-electron chi connectivity index (χ4n) is 5.02. The van der Waals surface area contributed by atoms with Crippen LogP contribution in [-0.4, -0.2) is 81.6 Å². The Morgan fingerprint density at radius 1 is 1.00 bits per heavy atom. The van der Waals surface area contributed by atoms with Crippen molar-refractivity contribution in [3.63, 3.8) is 0 Å². The third-order valence-electron chi connectivity index (χ3n) is 6.64. The Hall–Kier alpha value is -2.22. The van der Waals surface area contributed by atoms with Crippen LogP contribution in [0.25, 0.3) is 0 Å². The summed E-state index contributed by atoms with van der Waals surface area (Å²) in [5.41, 5.74) is 0.477. The Labute approximate surface area is 171 Å². The van der Waals surface area contributed by atoms with Gasteiger partial charge in [-0.1, -0.05) is 6.92 Å². The van der Waals surface area contributed by atoms with E-state index in [4.69, 9.17) is 0 Å². The number of nitrogens with zero attached hydrogens (tertiary/aromatic N) is 5. The fourth-order valence-corrected chi connectivity index (χ4v) is 5.02. The molecule has 8 heteroatoms. The number of carbonyl (C=O) groups excluding carboxylic acids is 1. The van der Waals surface area contributed by atoms with Crippen LogP contribution in [0.1, 0.15) is 55.8 Å². The van der Waals surface area contributed by atoms with Crippen LogP contribution in [0.2, 0.25) is 0 Å². The summed E-state index contributed by atoms with van der Waals surface area (Å²) < 4.78 is 0. The average Bonchev–Trinajstić information content (AvgIpc) is 3.24. The first kappa shape index (κ1) is 20.1. The molecule has 0 aromatic carbocycles. The topological polar surface area (TPSA) is 89.9 Å². The molecule has 0 aliphatic carbocycles. The number of aromatic nitrogens is 2. The zero-order chi connectivity index (χ0) is 20.4. The molecule has 1 N–H and O–H groups in total. The summed E-state index contributed by atoms with van der Waals surface area (Å²) in [4.78, 5) is 39.1. The number of amides is 1. The first-order valence-electron chi connectivity index (χ1n) is 10.9. The smallest absolute Gasteiger partial charge is 0.326 e. The Kier molecular flexibility index (Phi) is 5.99. The monoisotopic (exact) mass is 401 g/mol. The molecule has 8 nitrogen and oxygen atoms in total. The zero-order valence-electron chi connectivity index (χ0n) is 17.2. The summed E-state index contributed by atoms with van der Waals surface area (Å²) in [5.74, 6) is 0.287. The number of carbonyl (C=O) groups is 2. The SMILES string of the molecule is C[C@@H]1CCCN(C2CCN(C(=O)c3cnc(N4CCC[C@@H]4C(=O)O)nc3)CC2)C1. The van der Waals surface area contributed by atoms with Crippen molar-refractivity contribution in [3.05, 3.63) is 18.0 Å². The summed E-state index contributed by atoms with van der Waals surface area (Å²) >= 11 is 0. The standard InChI is InChI=1S/C21H31N5O3/c1-15-4-2-8-25(14-15)17-6-10-24(11-7-17)19(27)16-12-22-21(23-13-16)26-9-3-5-18(26)20(28)29/h12-13,15,17-18H,2-11,14H2,1H3,(H,28,29)/t15-,18-/m1/s1. The van der Waals surface area contributed by atoms with Gasteiger partial charge in [0.15, 0.2) is 0 Å². The highest BCUT2D eigenvalue weighted by Gasteiger charge is 2.33. The average molecular weight is 402 g/mol. The molecule has 4 rings (SSSR count). The quantitative estimate of drug-likeness (QED) is 0.824. The van der Waals surface area contributed by atoms with Gasteiger partial charge >= 0.3 is 5.97 Å². The highest BCUT2D eigenvalue weighted by atomic mass is 16.4. The number of carboxylic acids is 1. The van der Waals surface area contributed by atoms with Gasteiger partial charge in [0.05, 0.1) is 5.56 Å². The molecule has 158 valence electrons. The van der Waals surface area contributed by atoms with Gasteiger partial charge in [-0.25, -0.2) is 14.8 Å². The van der Waals surface area contributed by atoms with Crippen molar-refractivity contribution in [2.45, 2.75) is 57.5 Å². The third kappa shape index (κ3) is 4.37. The first-order valence-corrected chi connectivity index (χ1v) is 10.9. The molecule has 1 aromatic rings. The van der Waals surface area contributed by atoms with Gasteiger partial charge in [-0.2, -0.15) is 0 Å². The molecular weight excluding hydrogens is 370 g/mol. The van der Waals surface area contributed by atoms with Gasteiger partial charge in [-0.3, -0.25) is 9.69 Å². The van der Waals surface area contributed by atoms with Gasteiger partial charge in [-0.15, -0.1) is 0 Å². The lowest BCUT2D eigenvalue weighted by Gasteiger charge is -2.41. The number of hydrogen-bond donors (Lipinski definition) is 1. The normalized spacial score (nSPS) is 26.7. The largest absolute Gasteiger partial charge is 0.480 e. The van der Waals surface area contributed by atoms with Crippen LogP contribution in [0.3, 0.4) is 0 Å². The van der Waals surface area contributed by atoms with Gasteiger partial charge in [0.2, 0.25) is 5.95 Å². The molecule has 0 radical (unpaired) electrons. The Morgan fingerprint density at radius 2 is 1.69 bits per heavy atom. The maximum Gasteiger partial charge on any atom is 0.326 e. The molecule has 0 spiro atoms. The van der Waals surface area contributed by atoms with Crippen molar-refractivity contribution >= 4 is 17.8 Å². The Balaban J connectivity index is 1.34. The summed E-state index contributed by atoms with van der Waals surface area (Å²) in [6.07, 6.45) is 9.14. The molecule has 29 heavy (non-hydrogen) atoms. The molecule has 4 heterocycles. The van der Waals surface area contributed by atoms with Crippen molar-refractivity contribution < 1.29 is 14.7 Å². The summed E-state index contributed by atoms with van der Waals surface area (Å²) in [7, 11) is 0.